The Morgan fingerprint density at radius 2 is 1.68 bits per heavy atom. The normalized spacial score (nSPS) is 16.5. The van der Waals surface area contributed by atoms with Crippen molar-refractivity contribution in [1.82, 2.24) is 9.21 Å². The van der Waals surface area contributed by atoms with Gasteiger partial charge in [-0.3, -0.25) is 9.69 Å². The number of hydrogen-bond donors (Lipinski definition) is 0. The van der Waals surface area contributed by atoms with E-state index in [4.69, 9.17) is 4.74 Å². The Hall–Kier alpha value is -2.22. The molecule has 7 heteroatoms. The number of ether oxygens (including phenoxy) is 1. The van der Waals surface area contributed by atoms with Crippen LogP contribution >= 0.6 is 0 Å². The van der Waals surface area contributed by atoms with Crippen molar-refractivity contribution in [3.63, 3.8) is 0 Å². The van der Waals surface area contributed by atoms with Crippen LogP contribution in [0.2, 0.25) is 0 Å². The number of carbonyl (C=O) groups is 1. The van der Waals surface area contributed by atoms with Crippen molar-refractivity contribution >= 4 is 16.0 Å². The van der Waals surface area contributed by atoms with Gasteiger partial charge in [0, 0.05) is 26.2 Å². The van der Waals surface area contributed by atoms with Crippen molar-refractivity contribution in [3.8, 4) is 0 Å². The minimum atomic E-state index is -3.51. The number of sulfonamides is 1. The van der Waals surface area contributed by atoms with Gasteiger partial charge in [-0.05, 0) is 31.0 Å². The van der Waals surface area contributed by atoms with Crippen LogP contribution in [0.1, 0.15) is 17.5 Å². The van der Waals surface area contributed by atoms with Crippen molar-refractivity contribution in [3.05, 3.63) is 65.7 Å². The Labute approximate surface area is 166 Å². The van der Waals surface area contributed by atoms with E-state index in [1.807, 2.05) is 42.2 Å². The molecule has 2 aromatic rings. The summed E-state index contributed by atoms with van der Waals surface area (Å²) in [5.74, 6) is -0.293. The second-order valence-electron chi connectivity index (χ2n) is 6.99. The van der Waals surface area contributed by atoms with Crippen molar-refractivity contribution in [1.29, 1.82) is 0 Å². The molecule has 0 bridgehead atoms. The first-order valence-electron chi connectivity index (χ1n) is 9.44. The van der Waals surface area contributed by atoms with Crippen LogP contribution in [0, 0.1) is 6.92 Å². The van der Waals surface area contributed by atoms with E-state index in [9.17, 15) is 13.2 Å². The number of hydrogen-bond acceptors (Lipinski definition) is 5. The molecule has 0 radical (unpaired) electrons. The lowest BCUT2D eigenvalue weighted by Crippen LogP contribution is -2.37. The van der Waals surface area contributed by atoms with Gasteiger partial charge in [0.2, 0.25) is 10.0 Å². The Morgan fingerprint density at radius 3 is 2.39 bits per heavy atom. The second kappa shape index (κ2) is 9.32. The summed E-state index contributed by atoms with van der Waals surface area (Å²) in [6.45, 7) is 4.34. The van der Waals surface area contributed by atoms with Gasteiger partial charge in [0.05, 0.1) is 11.4 Å². The van der Waals surface area contributed by atoms with Crippen molar-refractivity contribution in [2.24, 2.45) is 0 Å². The molecule has 3 rings (SSSR count). The van der Waals surface area contributed by atoms with Crippen LogP contribution in [-0.2, 0) is 26.2 Å². The Bertz CT molecular complexity index is 882. The Balaban J connectivity index is 1.53. The summed E-state index contributed by atoms with van der Waals surface area (Å²) in [4.78, 5) is 14.4. The fraction of sp³-hybridized carbons (Fsp3) is 0.381. The van der Waals surface area contributed by atoms with E-state index in [1.165, 1.54) is 4.31 Å². The van der Waals surface area contributed by atoms with Crippen LogP contribution in [0.3, 0.4) is 0 Å². The summed E-state index contributed by atoms with van der Waals surface area (Å²) in [6, 6.07) is 16.4. The zero-order chi connectivity index (χ0) is 20.0. The van der Waals surface area contributed by atoms with Gasteiger partial charge in [-0.25, -0.2) is 8.42 Å². The molecule has 0 aliphatic carbocycles. The topological polar surface area (TPSA) is 66.9 Å². The van der Waals surface area contributed by atoms with Gasteiger partial charge < -0.3 is 4.74 Å². The van der Waals surface area contributed by atoms with Crippen molar-refractivity contribution in [2.75, 3.05) is 32.7 Å². The summed E-state index contributed by atoms with van der Waals surface area (Å²) in [6.07, 6.45) is 0.678. The summed E-state index contributed by atoms with van der Waals surface area (Å²) in [5.41, 5.74) is 1.97. The smallest absolute Gasteiger partial charge is 0.320 e. The van der Waals surface area contributed by atoms with Gasteiger partial charge in [-0.2, -0.15) is 4.31 Å². The van der Waals surface area contributed by atoms with Gasteiger partial charge in [-0.15, -0.1) is 0 Å². The number of rotatable bonds is 6. The Kier molecular flexibility index (Phi) is 6.83. The predicted molar refractivity (Wildman–Crippen MR) is 107 cm³/mol. The first kappa shape index (κ1) is 20.5. The second-order valence-corrected chi connectivity index (χ2v) is 8.93. The number of esters is 1. The summed E-state index contributed by atoms with van der Waals surface area (Å²) in [5, 5.41) is 0. The van der Waals surface area contributed by atoms with E-state index in [2.05, 4.69) is 0 Å². The lowest BCUT2D eigenvalue weighted by atomic mass is 10.2. The molecule has 28 heavy (non-hydrogen) atoms. The molecule has 2 aromatic carbocycles. The van der Waals surface area contributed by atoms with E-state index >= 15 is 0 Å². The van der Waals surface area contributed by atoms with E-state index in [1.54, 1.807) is 24.3 Å². The molecular formula is C21H26N2O4S. The minimum Gasteiger partial charge on any atom is -0.460 e. The molecule has 1 aliphatic rings. The SMILES string of the molecule is Cc1ccc(S(=O)(=O)N2CCCN(CC(=O)OCc3ccccc3)CC2)cc1. The van der Waals surface area contributed by atoms with Gasteiger partial charge in [0.25, 0.3) is 0 Å². The fourth-order valence-electron chi connectivity index (χ4n) is 3.17. The maximum atomic E-state index is 12.9. The number of nitrogens with zero attached hydrogens (tertiary/aromatic N) is 2. The summed E-state index contributed by atoms with van der Waals surface area (Å²) >= 11 is 0. The molecule has 0 spiro atoms. The van der Waals surface area contributed by atoms with Crippen molar-refractivity contribution < 1.29 is 17.9 Å². The van der Waals surface area contributed by atoms with Crippen LogP contribution in [0.5, 0.6) is 0 Å². The minimum absolute atomic E-state index is 0.172. The van der Waals surface area contributed by atoms with Gasteiger partial charge in [0.15, 0.2) is 0 Å². The molecule has 6 nitrogen and oxygen atoms in total. The number of aryl methyl sites for hydroxylation is 1. The van der Waals surface area contributed by atoms with Crippen molar-refractivity contribution in [2.45, 2.75) is 24.8 Å². The highest BCUT2D eigenvalue weighted by molar-refractivity contribution is 7.89. The monoisotopic (exact) mass is 402 g/mol. The third kappa shape index (κ3) is 5.41. The third-order valence-electron chi connectivity index (χ3n) is 4.80. The molecule has 1 heterocycles. The molecular weight excluding hydrogens is 376 g/mol. The molecule has 1 fully saturated rings. The molecule has 0 amide bonds. The molecule has 0 atom stereocenters. The molecule has 1 aliphatic heterocycles. The van der Waals surface area contributed by atoms with Gasteiger partial charge in [0.1, 0.15) is 6.61 Å². The lowest BCUT2D eigenvalue weighted by molar-refractivity contribution is -0.146. The van der Waals surface area contributed by atoms with Crippen LogP contribution in [0.4, 0.5) is 0 Å². The van der Waals surface area contributed by atoms with Gasteiger partial charge >= 0.3 is 5.97 Å². The van der Waals surface area contributed by atoms with E-state index in [0.29, 0.717) is 37.5 Å². The average Bonchev–Trinajstić information content (AvgIpc) is 2.94. The third-order valence-corrected chi connectivity index (χ3v) is 6.71. The van der Waals surface area contributed by atoms with Crippen LogP contribution < -0.4 is 0 Å². The average molecular weight is 403 g/mol. The number of benzene rings is 2. The molecule has 0 saturated carbocycles. The molecule has 1 saturated heterocycles. The molecule has 0 aromatic heterocycles. The highest BCUT2D eigenvalue weighted by Crippen LogP contribution is 2.18. The summed E-state index contributed by atoms with van der Waals surface area (Å²) < 4.78 is 32.6. The zero-order valence-electron chi connectivity index (χ0n) is 16.1. The van der Waals surface area contributed by atoms with E-state index in [-0.39, 0.29) is 19.1 Å². The maximum Gasteiger partial charge on any atom is 0.320 e. The predicted octanol–water partition coefficient (Wildman–Crippen LogP) is 2.43. The first-order valence-corrected chi connectivity index (χ1v) is 10.9. The Morgan fingerprint density at radius 1 is 0.964 bits per heavy atom. The quantitative estimate of drug-likeness (QED) is 0.695. The molecule has 0 unspecified atom stereocenters. The maximum absolute atomic E-state index is 12.9. The van der Waals surface area contributed by atoms with Crippen LogP contribution in [0.15, 0.2) is 59.5 Å². The largest absolute Gasteiger partial charge is 0.460 e. The standard InChI is InChI=1S/C21H26N2O4S/c1-18-8-10-20(11-9-18)28(25,26)23-13-5-12-22(14-15-23)16-21(24)27-17-19-6-3-2-4-7-19/h2-4,6-11H,5,12-17H2,1H3. The first-order chi connectivity index (χ1) is 13.4. The highest BCUT2D eigenvalue weighted by atomic mass is 32.2. The number of carbonyl (C=O) groups excluding carboxylic acids is 1. The summed E-state index contributed by atoms with van der Waals surface area (Å²) in [7, 11) is -3.51. The van der Waals surface area contributed by atoms with E-state index in [0.717, 1.165) is 11.1 Å². The lowest BCUT2D eigenvalue weighted by Gasteiger charge is -2.21. The fourth-order valence-corrected chi connectivity index (χ4v) is 4.64. The zero-order valence-corrected chi connectivity index (χ0v) is 16.9. The van der Waals surface area contributed by atoms with Crippen LogP contribution in [0.25, 0.3) is 0 Å². The van der Waals surface area contributed by atoms with Gasteiger partial charge in [-0.1, -0.05) is 48.0 Å². The molecule has 150 valence electrons. The van der Waals surface area contributed by atoms with Crippen LogP contribution in [-0.4, -0.2) is 56.3 Å². The van der Waals surface area contributed by atoms with E-state index < -0.39 is 10.0 Å². The highest BCUT2D eigenvalue weighted by Gasteiger charge is 2.27. The molecule has 0 N–H and O–H groups in total.